The Hall–Kier alpha value is -0.580. The van der Waals surface area contributed by atoms with Crippen LogP contribution in [0.5, 0.6) is 5.75 Å². The van der Waals surface area contributed by atoms with Crippen molar-refractivity contribution in [2.24, 2.45) is 17.7 Å². The lowest BCUT2D eigenvalue weighted by Crippen LogP contribution is -2.35. The van der Waals surface area contributed by atoms with E-state index in [4.69, 9.17) is 10.6 Å². The molecule has 1 fully saturated rings. The minimum absolute atomic E-state index is 0.187. The lowest BCUT2D eigenvalue weighted by Gasteiger charge is -2.33. The molecule has 3 atom stereocenters. The van der Waals surface area contributed by atoms with E-state index < -0.39 is 0 Å². The van der Waals surface area contributed by atoms with Crippen molar-refractivity contribution in [3.05, 3.63) is 28.2 Å². The molecular formula is C15H23BrN2O. The molecule has 1 aromatic carbocycles. The number of hydrogen-bond donors (Lipinski definition) is 2. The fourth-order valence-electron chi connectivity index (χ4n) is 3.15. The van der Waals surface area contributed by atoms with Crippen molar-refractivity contribution in [3.63, 3.8) is 0 Å². The van der Waals surface area contributed by atoms with Crippen molar-refractivity contribution in [2.45, 2.75) is 38.6 Å². The van der Waals surface area contributed by atoms with Gasteiger partial charge in [-0.3, -0.25) is 11.3 Å². The van der Waals surface area contributed by atoms with Gasteiger partial charge in [0.25, 0.3) is 0 Å². The number of ether oxygens (including phenoxy) is 1. The van der Waals surface area contributed by atoms with Crippen LogP contribution in [-0.4, -0.2) is 7.11 Å². The summed E-state index contributed by atoms with van der Waals surface area (Å²) in [5.74, 6) is 8.09. The minimum Gasteiger partial charge on any atom is -0.497 e. The number of nitrogens with one attached hydrogen (secondary N) is 1. The summed E-state index contributed by atoms with van der Waals surface area (Å²) in [4.78, 5) is 0. The summed E-state index contributed by atoms with van der Waals surface area (Å²) in [7, 11) is 1.70. The summed E-state index contributed by atoms with van der Waals surface area (Å²) >= 11 is 3.63. The second-order valence-corrected chi connectivity index (χ2v) is 6.42. The fraction of sp³-hybridized carbons (Fsp3) is 0.600. The molecule has 1 saturated carbocycles. The standard InChI is InChI=1S/C15H23BrN2O/c1-10-4-3-5-11(8-10)15(18-17)13-9-12(19-2)6-7-14(13)16/h6-7,9-11,15,18H,3-5,8,17H2,1-2H3. The van der Waals surface area contributed by atoms with Crippen LogP contribution in [-0.2, 0) is 0 Å². The molecule has 4 heteroatoms. The molecule has 3 N–H and O–H groups in total. The quantitative estimate of drug-likeness (QED) is 0.653. The number of hydrazine groups is 1. The molecule has 0 spiro atoms. The zero-order chi connectivity index (χ0) is 13.8. The second kappa shape index (κ2) is 6.73. The Kier molecular flexibility index (Phi) is 5.25. The first-order valence-corrected chi connectivity index (χ1v) is 7.74. The van der Waals surface area contributed by atoms with Gasteiger partial charge in [0.05, 0.1) is 13.2 Å². The molecule has 3 unspecified atom stereocenters. The Morgan fingerprint density at radius 2 is 2.21 bits per heavy atom. The summed E-state index contributed by atoms with van der Waals surface area (Å²) in [6.07, 6.45) is 5.11. The summed E-state index contributed by atoms with van der Waals surface area (Å²) < 4.78 is 6.42. The van der Waals surface area contributed by atoms with Crippen molar-refractivity contribution >= 4 is 15.9 Å². The Morgan fingerprint density at radius 3 is 2.84 bits per heavy atom. The van der Waals surface area contributed by atoms with Crippen LogP contribution in [0.3, 0.4) is 0 Å². The third-order valence-corrected chi connectivity index (χ3v) is 4.89. The molecular weight excluding hydrogens is 304 g/mol. The topological polar surface area (TPSA) is 47.3 Å². The van der Waals surface area contributed by atoms with Gasteiger partial charge >= 0.3 is 0 Å². The molecule has 19 heavy (non-hydrogen) atoms. The van der Waals surface area contributed by atoms with Crippen molar-refractivity contribution in [1.29, 1.82) is 0 Å². The van der Waals surface area contributed by atoms with Gasteiger partial charge in [-0.05, 0) is 48.4 Å². The van der Waals surface area contributed by atoms with Gasteiger partial charge in [-0.2, -0.15) is 0 Å². The Labute approximate surface area is 124 Å². The molecule has 1 aromatic rings. The van der Waals surface area contributed by atoms with Crippen LogP contribution in [0.25, 0.3) is 0 Å². The Morgan fingerprint density at radius 1 is 1.42 bits per heavy atom. The van der Waals surface area contributed by atoms with Gasteiger partial charge in [0.15, 0.2) is 0 Å². The van der Waals surface area contributed by atoms with Gasteiger partial charge in [0.1, 0.15) is 5.75 Å². The molecule has 0 radical (unpaired) electrons. The zero-order valence-electron chi connectivity index (χ0n) is 11.7. The van der Waals surface area contributed by atoms with Gasteiger partial charge in [-0.15, -0.1) is 0 Å². The van der Waals surface area contributed by atoms with Gasteiger partial charge in [0, 0.05) is 4.47 Å². The van der Waals surface area contributed by atoms with Gasteiger partial charge in [0.2, 0.25) is 0 Å². The highest BCUT2D eigenvalue weighted by Gasteiger charge is 2.28. The van der Waals surface area contributed by atoms with Crippen LogP contribution in [0.15, 0.2) is 22.7 Å². The largest absolute Gasteiger partial charge is 0.497 e. The molecule has 0 aliphatic heterocycles. The monoisotopic (exact) mass is 326 g/mol. The molecule has 1 aliphatic rings. The van der Waals surface area contributed by atoms with E-state index in [1.165, 1.54) is 31.2 Å². The molecule has 1 aliphatic carbocycles. The van der Waals surface area contributed by atoms with E-state index in [9.17, 15) is 0 Å². The van der Waals surface area contributed by atoms with E-state index in [0.717, 1.165) is 16.1 Å². The number of benzene rings is 1. The van der Waals surface area contributed by atoms with E-state index in [1.807, 2.05) is 12.1 Å². The van der Waals surface area contributed by atoms with Crippen LogP contribution >= 0.6 is 15.9 Å². The summed E-state index contributed by atoms with van der Waals surface area (Å²) in [5.41, 5.74) is 4.21. The zero-order valence-corrected chi connectivity index (χ0v) is 13.2. The maximum Gasteiger partial charge on any atom is 0.119 e. The summed E-state index contributed by atoms with van der Waals surface area (Å²) in [6, 6.07) is 6.26. The SMILES string of the molecule is COc1ccc(Br)c(C(NN)C2CCCC(C)C2)c1. The van der Waals surface area contributed by atoms with Gasteiger partial charge < -0.3 is 4.74 Å². The third kappa shape index (κ3) is 3.50. The number of methoxy groups -OCH3 is 1. The van der Waals surface area contributed by atoms with E-state index in [1.54, 1.807) is 7.11 Å². The van der Waals surface area contributed by atoms with Crippen molar-refractivity contribution in [3.8, 4) is 5.75 Å². The van der Waals surface area contributed by atoms with Crippen LogP contribution in [0.4, 0.5) is 0 Å². The van der Waals surface area contributed by atoms with Crippen molar-refractivity contribution in [2.75, 3.05) is 7.11 Å². The smallest absolute Gasteiger partial charge is 0.119 e. The maximum atomic E-state index is 5.83. The molecule has 0 bridgehead atoms. The van der Waals surface area contributed by atoms with Crippen LogP contribution < -0.4 is 16.0 Å². The van der Waals surface area contributed by atoms with Crippen LogP contribution in [0.2, 0.25) is 0 Å². The Bertz CT molecular complexity index is 425. The first-order valence-electron chi connectivity index (χ1n) is 6.95. The van der Waals surface area contributed by atoms with Gasteiger partial charge in [-0.25, -0.2) is 0 Å². The molecule has 2 rings (SSSR count). The molecule has 0 heterocycles. The lowest BCUT2D eigenvalue weighted by atomic mass is 9.77. The highest BCUT2D eigenvalue weighted by atomic mass is 79.9. The summed E-state index contributed by atoms with van der Waals surface area (Å²) in [5, 5.41) is 0. The van der Waals surface area contributed by atoms with E-state index in [0.29, 0.717) is 5.92 Å². The predicted molar refractivity (Wildman–Crippen MR) is 81.9 cm³/mol. The van der Waals surface area contributed by atoms with Gasteiger partial charge in [-0.1, -0.05) is 35.7 Å². The average molecular weight is 327 g/mol. The first kappa shape index (κ1) is 14.8. The Balaban J connectivity index is 2.25. The summed E-state index contributed by atoms with van der Waals surface area (Å²) in [6.45, 7) is 2.33. The fourth-order valence-corrected chi connectivity index (χ4v) is 3.64. The number of nitrogens with two attached hydrogens (primary N) is 1. The van der Waals surface area contributed by atoms with E-state index in [-0.39, 0.29) is 6.04 Å². The van der Waals surface area contributed by atoms with E-state index in [2.05, 4.69) is 34.3 Å². The normalized spacial score (nSPS) is 25.1. The number of halogens is 1. The van der Waals surface area contributed by atoms with Crippen molar-refractivity contribution in [1.82, 2.24) is 5.43 Å². The maximum absolute atomic E-state index is 5.83. The number of hydrogen-bond acceptors (Lipinski definition) is 3. The molecule has 0 amide bonds. The van der Waals surface area contributed by atoms with Crippen LogP contribution in [0, 0.1) is 11.8 Å². The molecule has 0 aromatic heterocycles. The first-order chi connectivity index (χ1) is 9.15. The minimum atomic E-state index is 0.187. The highest BCUT2D eigenvalue weighted by Crippen LogP contribution is 2.39. The number of rotatable bonds is 4. The average Bonchev–Trinajstić information content (AvgIpc) is 2.42. The molecule has 3 nitrogen and oxygen atoms in total. The van der Waals surface area contributed by atoms with Crippen molar-refractivity contribution < 1.29 is 4.74 Å². The highest BCUT2D eigenvalue weighted by molar-refractivity contribution is 9.10. The lowest BCUT2D eigenvalue weighted by molar-refractivity contribution is 0.224. The molecule has 0 saturated heterocycles. The predicted octanol–water partition coefficient (Wildman–Crippen LogP) is 3.79. The van der Waals surface area contributed by atoms with E-state index >= 15 is 0 Å². The van der Waals surface area contributed by atoms with Crippen LogP contribution in [0.1, 0.15) is 44.2 Å². The second-order valence-electron chi connectivity index (χ2n) is 5.56. The third-order valence-electron chi connectivity index (χ3n) is 4.17. The molecule has 106 valence electrons.